The maximum absolute atomic E-state index is 10.7. The lowest BCUT2D eigenvalue weighted by Gasteiger charge is -2.23. The number of aldehydes is 1. The van der Waals surface area contributed by atoms with E-state index in [1.54, 1.807) is 0 Å². The number of unbranched alkanes of at least 4 members (excludes halogenated alkanes) is 1. The van der Waals surface area contributed by atoms with Crippen LogP contribution in [0.1, 0.15) is 45.6 Å². The van der Waals surface area contributed by atoms with Gasteiger partial charge in [-0.1, -0.05) is 44.9 Å². The van der Waals surface area contributed by atoms with Crippen molar-refractivity contribution in [1.29, 1.82) is 0 Å². The van der Waals surface area contributed by atoms with Crippen molar-refractivity contribution in [1.82, 2.24) is 0 Å². The Labute approximate surface area is 114 Å². The van der Waals surface area contributed by atoms with Crippen molar-refractivity contribution in [2.75, 3.05) is 6.61 Å². The summed E-state index contributed by atoms with van der Waals surface area (Å²) >= 11 is 6.20. The Hall–Kier alpha value is -1.02. The highest BCUT2D eigenvalue weighted by Gasteiger charge is 2.21. The minimum atomic E-state index is -0.187. The summed E-state index contributed by atoms with van der Waals surface area (Å²) in [6.45, 7) is 6.87. The van der Waals surface area contributed by atoms with Gasteiger partial charge in [-0.2, -0.15) is 0 Å². The zero-order valence-electron chi connectivity index (χ0n) is 11.3. The van der Waals surface area contributed by atoms with Gasteiger partial charge in [-0.15, -0.1) is 0 Å². The number of hydrogen-bond donors (Lipinski definition) is 0. The minimum absolute atomic E-state index is 0.187. The summed E-state index contributed by atoms with van der Waals surface area (Å²) in [6, 6.07) is 5.77. The highest BCUT2D eigenvalue weighted by molar-refractivity contribution is 6.32. The number of ether oxygens (including phenoxy) is 1. The molecule has 0 aliphatic heterocycles. The van der Waals surface area contributed by atoms with Crippen LogP contribution in [0.4, 0.5) is 0 Å². The van der Waals surface area contributed by atoms with Crippen molar-refractivity contribution in [2.45, 2.75) is 45.4 Å². The molecule has 0 heterocycles. The Morgan fingerprint density at radius 2 is 2.11 bits per heavy atom. The summed E-state index contributed by atoms with van der Waals surface area (Å²) in [6.07, 6.45) is 3.55. The first-order chi connectivity index (χ1) is 8.51. The summed E-state index contributed by atoms with van der Waals surface area (Å²) in [5, 5.41) is 0.613. The van der Waals surface area contributed by atoms with Crippen LogP contribution in [0.15, 0.2) is 18.2 Å². The molecule has 3 heteroatoms. The molecule has 1 aromatic rings. The van der Waals surface area contributed by atoms with Crippen molar-refractivity contribution >= 4 is 17.9 Å². The molecule has 100 valence electrons. The normalized spacial score (nSPS) is 11.3. The third-order valence-corrected chi connectivity index (χ3v) is 3.36. The lowest BCUT2D eigenvalue weighted by molar-refractivity contribution is -0.108. The van der Waals surface area contributed by atoms with E-state index in [2.05, 4.69) is 6.92 Å². The summed E-state index contributed by atoms with van der Waals surface area (Å²) < 4.78 is 5.60. The standard InChI is InChI=1S/C15H21ClO2/c1-4-5-10-18-14-7-6-12(11-13(14)16)15(2,3)8-9-17/h6-7,9,11H,4-5,8,10H2,1-3H3. The second-order valence-electron chi connectivity index (χ2n) is 5.10. The van der Waals surface area contributed by atoms with Crippen LogP contribution >= 0.6 is 11.6 Å². The van der Waals surface area contributed by atoms with Crippen molar-refractivity contribution in [3.63, 3.8) is 0 Å². The molecule has 0 aromatic heterocycles. The van der Waals surface area contributed by atoms with Crippen LogP contribution < -0.4 is 4.74 Å². The summed E-state index contributed by atoms with van der Waals surface area (Å²) in [4.78, 5) is 10.7. The van der Waals surface area contributed by atoms with Gasteiger partial charge < -0.3 is 9.53 Å². The molecule has 0 amide bonds. The number of carbonyl (C=O) groups excluding carboxylic acids is 1. The maximum atomic E-state index is 10.7. The Morgan fingerprint density at radius 1 is 1.39 bits per heavy atom. The number of rotatable bonds is 7. The second-order valence-corrected chi connectivity index (χ2v) is 5.51. The summed E-state index contributed by atoms with van der Waals surface area (Å²) in [5.41, 5.74) is 0.871. The third-order valence-electron chi connectivity index (χ3n) is 3.06. The van der Waals surface area contributed by atoms with Gasteiger partial charge in [0.25, 0.3) is 0 Å². The average Bonchev–Trinajstić information content (AvgIpc) is 2.31. The van der Waals surface area contributed by atoms with E-state index in [1.807, 2.05) is 32.0 Å². The van der Waals surface area contributed by atoms with Crippen molar-refractivity contribution in [3.05, 3.63) is 28.8 Å². The fourth-order valence-corrected chi connectivity index (χ4v) is 1.93. The predicted octanol–water partition coefficient (Wildman–Crippen LogP) is 4.39. The van der Waals surface area contributed by atoms with Crippen LogP contribution in [0.25, 0.3) is 0 Å². The minimum Gasteiger partial charge on any atom is -0.492 e. The predicted molar refractivity (Wildman–Crippen MR) is 75.6 cm³/mol. The van der Waals surface area contributed by atoms with E-state index in [-0.39, 0.29) is 5.41 Å². The van der Waals surface area contributed by atoms with Crippen molar-refractivity contribution in [2.24, 2.45) is 0 Å². The number of benzene rings is 1. The molecule has 0 N–H and O–H groups in total. The van der Waals surface area contributed by atoms with Crippen LogP contribution in [0.5, 0.6) is 5.75 Å². The van der Waals surface area contributed by atoms with Crippen LogP contribution in [0.2, 0.25) is 5.02 Å². The topological polar surface area (TPSA) is 26.3 Å². The SMILES string of the molecule is CCCCOc1ccc(C(C)(C)CC=O)cc1Cl. The lowest BCUT2D eigenvalue weighted by Crippen LogP contribution is -2.17. The van der Waals surface area contributed by atoms with Crippen LogP contribution in [0.3, 0.4) is 0 Å². The van der Waals surface area contributed by atoms with E-state index < -0.39 is 0 Å². The molecule has 0 bridgehead atoms. The van der Waals surface area contributed by atoms with Gasteiger partial charge in [0.15, 0.2) is 0 Å². The number of hydrogen-bond acceptors (Lipinski definition) is 2. The number of halogens is 1. The number of carbonyl (C=O) groups is 1. The van der Waals surface area contributed by atoms with Gasteiger partial charge in [0.05, 0.1) is 11.6 Å². The quantitative estimate of drug-likeness (QED) is 0.542. The van der Waals surface area contributed by atoms with E-state index in [0.29, 0.717) is 18.1 Å². The molecule has 1 rings (SSSR count). The van der Waals surface area contributed by atoms with E-state index in [9.17, 15) is 4.79 Å². The van der Waals surface area contributed by atoms with Gasteiger partial charge >= 0.3 is 0 Å². The zero-order chi connectivity index (χ0) is 13.6. The Kier molecular flexibility index (Phi) is 5.67. The van der Waals surface area contributed by atoms with Gasteiger partial charge in [0, 0.05) is 6.42 Å². The average molecular weight is 269 g/mol. The molecule has 0 unspecified atom stereocenters. The van der Waals surface area contributed by atoms with Gasteiger partial charge in [0.1, 0.15) is 12.0 Å². The molecular formula is C15H21ClO2. The van der Waals surface area contributed by atoms with Crippen molar-refractivity contribution < 1.29 is 9.53 Å². The summed E-state index contributed by atoms with van der Waals surface area (Å²) in [5.74, 6) is 0.718. The Balaban J connectivity index is 2.81. The smallest absolute Gasteiger partial charge is 0.137 e. The first-order valence-corrected chi connectivity index (χ1v) is 6.75. The first-order valence-electron chi connectivity index (χ1n) is 6.37. The third kappa shape index (κ3) is 4.02. The highest BCUT2D eigenvalue weighted by atomic mass is 35.5. The van der Waals surface area contributed by atoms with Gasteiger partial charge in [-0.3, -0.25) is 0 Å². The maximum Gasteiger partial charge on any atom is 0.137 e. The molecule has 0 radical (unpaired) electrons. The monoisotopic (exact) mass is 268 g/mol. The van der Waals surface area contributed by atoms with E-state index in [4.69, 9.17) is 16.3 Å². The molecular weight excluding hydrogens is 248 g/mol. The first kappa shape index (κ1) is 15.0. The van der Waals surface area contributed by atoms with Gasteiger partial charge in [0.2, 0.25) is 0 Å². The Bertz CT molecular complexity index is 399. The van der Waals surface area contributed by atoms with Crippen LogP contribution in [-0.4, -0.2) is 12.9 Å². The van der Waals surface area contributed by atoms with Gasteiger partial charge in [-0.05, 0) is 29.5 Å². The van der Waals surface area contributed by atoms with Crippen LogP contribution in [-0.2, 0) is 10.2 Å². The fraction of sp³-hybridized carbons (Fsp3) is 0.533. The molecule has 0 saturated heterocycles. The van der Waals surface area contributed by atoms with Crippen molar-refractivity contribution in [3.8, 4) is 5.75 Å². The van der Waals surface area contributed by atoms with Crippen LogP contribution in [0, 0.1) is 0 Å². The largest absolute Gasteiger partial charge is 0.492 e. The Morgan fingerprint density at radius 3 is 2.67 bits per heavy atom. The molecule has 1 aromatic carbocycles. The second kappa shape index (κ2) is 6.79. The molecule has 0 spiro atoms. The molecule has 0 fully saturated rings. The summed E-state index contributed by atoms with van der Waals surface area (Å²) in [7, 11) is 0. The molecule has 0 aliphatic carbocycles. The molecule has 0 aliphatic rings. The molecule has 2 nitrogen and oxygen atoms in total. The zero-order valence-corrected chi connectivity index (χ0v) is 12.1. The van der Waals surface area contributed by atoms with E-state index in [0.717, 1.165) is 30.4 Å². The fourth-order valence-electron chi connectivity index (χ4n) is 1.69. The molecule has 0 atom stereocenters. The molecule has 18 heavy (non-hydrogen) atoms. The highest BCUT2D eigenvalue weighted by Crippen LogP contribution is 2.32. The van der Waals surface area contributed by atoms with Gasteiger partial charge in [-0.25, -0.2) is 0 Å². The lowest BCUT2D eigenvalue weighted by atomic mass is 9.82. The molecule has 0 saturated carbocycles. The van der Waals surface area contributed by atoms with E-state index in [1.165, 1.54) is 0 Å². The van der Waals surface area contributed by atoms with E-state index >= 15 is 0 Å².